The van der Waals surface area contributed by atoms with Crippen molar-refractivity contribution in [2.75, 3.05) is 0 Å². The summed E-state index contributed by atoms with van der Waals surface area (Å²) in [6.45, 7) is 8.96. The third-order valence-corrected chi connectivity index (χ3v) is 9.98. The molecule has 0 rings (SSSR count). The molecule has 0 radical (unpaired) electrons. The van der Waals surface area contributed by atoms with E-state index in [-0.39, 0.29) is 5.97 Å². The molecule has 156 valence electrons. The van der Waals surface area contributed by atoms with Crippen LogP contribution in [0.5, 0.6) is 0 Å². The number of carbonyl (C=O) groups is 1. The number of unbranched alkanes of at least 4 members (excludes halogenated alkanes) is 10. The highest BCUT2D eigenvalue weighted by Crippen LogP contribution is 2.31. The van der Waals surface area contributed by atoms with Crippen molar-refractivity contribution in [3.63, 3.8) is 0 Å². The van der Waals surface area contributed by atoms with Gasteiger partial charge in [0.25, 0.3) is 14.3 Å². The largest absolute Gasteiger partial charge is 0.519 e. The van der Waals surface area contributed by atoms with Crippen molar-refractivity contribution in [1.82, 2.24) is 0 Å². The number of carbonyl (C=O) groups excluding carboxylic acids is 1. The lowest BCUT2D eigenvalue weighted by Gasteiger charge is -2.32. The van der Waals surface area contributed by atoms with Gasteiger partial charge in [-0.2, -0.15) is 0 Å². The Morgan fingerprint density at radius 2 is 0.962 bits per heavy atom. The smallest absolute Gasteiger partial charge is 0.292 e. The van der Waals surface area contributed by atoms with Gasteiger partial charge >= 0.3 is 0 Å². The van der Waals surface area contributed by atoms with Crippen LogP contribution in [0.25, 0.3) is 0 Å². The molecule has 26 heavy (non-hydrogen) atoms. The van der Waals surface area contributed by atoms with Crippen molar-refractivity contribution in [3.05, 3.63) is 0 Å². The Bertz CT molecular complexity index is 286. The zero-order valence-corrected chi connectivity index (χ0v) is 19.5. The molecular formula is C23H48O2Si. The van der Waals surface area contributed by atoms with Crippen molar-refractivity contribution in [1.29, 1.82) is 0 Å². The van der Waals surface area contributed by atoms with Gasteiger partial charge in [0.2, 0.25) is 0 Å². The van der Waals surface area contributed by atoms with E-state index in [1.807, 2.05) is 0 Å². The molecule has 0 amide bonds. The maximum Gasteiger partial charge on any atom is 0.292 e. The van der Waals surface area contributed by atoms with E-state index in [0.29, 0.717) is 6.42 Å². The van der Waals surface area contributed by atoms with Crippen molar-refractivity contribution in [2.45, 2.75) is 142 Å². The molecule has 0 aliphatic rings. The molecular weight excluding hydrogens is 336 g/mol. The Morgan fingerprint density at radius 1 is 0.577 bits per heavy atom. The summed E-state index contributed by atoms with van der Waals surface area (Å²) in [6.07, 6.45) is 18.2. The second-order valence-corrected chi connectivity index (χ2v) is 12.3. The minimum Gasteiger partial charge on any atom is -0.519 e. The van der Waals surface area contributed by atoms with Gasteiger partial charge in [0.1, 0.15) is 0 Å². The molecule has 0 heterocycles. The van der Waals surface area contributed by atoms with Gasteiger partial charge in [0.05, 0.1) is 0 Å². The van der Waals surface area contributed by atoms with Crippen LogP contribution in [0.1, 0.15) is 124 Å². The number of hydrogen-bond acceptors (Lipinski definition) is 2. The molecule has 0 fully saturated rings. The fourth-order valence-corrected chi connectivity index (χ4v) is 8.09. The highest BCUT2D eigenvalue weighted by molar-refractivity contribution is 6.75. The van der Waals surface area contributed by atoms with E-state index in [1.54, 1.807) is 0 Å². The number of hydrogen-bond donors (Lipinski definition) is 0. The molecule has 0 bridgehead atoms. The second-order valence-electron chi connectivity index (χ2n) is 8.19. The van der Waals surface area contributed by atoms with E-state index in [9.17, 15) is 4.79 Å². The van der Waals surface area contributed by atoms with Crippen LogP contribution in [0.15, 0.2) is 0 Å². The van der Waals surface area contributed by atoms with Crippen molar-refractivity contribution >= 4 is 14.3 Å². The first-order valence-electron chi connectivity index (χ1n) is 11.9. The Balaban J connectivity index is 4.87. The Hall–Kier alpha value is -0.313. The van der Waals surface area contributed by atoms with Gasteiger partial charge in [0.15, 0.2) is 0 Å². The molecule has 2 nitrogen and oxygen atoms in total. The minimum atomic E-state index is -1.91. The molecule has 0 saturated heterocycles. The zero-order valence-electron chi connectivity index (χ0n) is 18.5. The lowest BCUT2D eigenvalue weighted by molar-refractivity contribution is -0.135. The van der Waals surface area contributed by atoms with Gasteiger partial charge in [-0.25, -0.2) is 0 Å². The highest BCUT2D eigenvalue weighted by atomic mass is 28.4. The third-order valence-electron chi connectivity index (χ3n) is 5.52. The van der Waals surface area contributed by atoms with E-state index >= 15 is 0 Å². The second kappa shape index (κ2) is 18.1. The molecule has 0 aliphatic carbocycles. The van der Waals surface area contributed by atoms with Gasteiger partial charge in [-0.15, -0.1) is 0 Å². The molecule has 0 atom stereocenters. The van der Waals surface area contributed by atoms with Crippen LogP contribution in [0.4, 0.5) is 0 Å². The van der Waals surface area contributed by atoms with Crippen LogP contribution >= 0.6 is 0 Å². The molecule has 0 aromatic heterocycles. The van der Waals surface area contributed by atoms with E-state index in [0.717, 1.165) is 12.8 Å². The third kappa shape index (κ3) is 13.8. The average molecular weight is 385 g/mol. The first kappa shape index (κ1) is 25.7. The highest BCUT2D eigenvalue weighted by Gasteiger charge is 2.36. The molecule has 0 aromatic rings. The predicted octanol–water partition coefficient (Wildman–Crippen LogP) is 8.41. The quantitative estimate of drug-likeness (QED) is 0.165. The summed E-state index contributed by atoms with van der Waals surface area (Å²) in [4.78, 5) is 12.5. The summed E-state index contributed by atoms with van der Waals surface area (Å²) in [6, 6.07) is 3.63. The lowest BCUT2D eigenvalue weighted by Crippen LogP contribution is -2.40. The molecule has 0 saturated carbocycles. The Morgan fingerprint density at radius 3 is 1.31 bits per heavy atom. The first-order valence-corrected chi connectivity index (χ1v) is 14.4. The van der Waals surface area contributed by atoms with E-state index in [4.69, 9.17) is 4.43 Å². The summed E-state index contributed by atoms with van der Waals surface area (Å²) < 4.78 is 6.38. The predicted molar refractivity (Wildman–Crippen MR) is 118 cm³/mol. The normalized spacial score (nSPS) is 11.7. The molecule has 0 unspecified atom stereocenters. The topological polar surface area (TPSA) is 26.3 Å². The minimum absolute atomic E-state index is 0.111. The maximum atomic E-state index is 12.5. The Labute approximate surface area is 166 Å². The van der Waals surface area contributed by atoms with Crippen molar-refractivity contribution in [3.8, 4) is 0 Å². The van der Waals surface area contributed by atoms with Crippen LogP contribution in [-0.4, -0.2) is 14.3 Å². The SMILES string of the molecule is CCCCCC[Si](CCCCCC)(CCCCCC)OC(=O)CCCC. The Kier molecular flexibility index (Phi) is 17.9. The molecule has 0 aliphatic heterocycles. The van der Waals surface area contributed by atoms with Gasteiger partial charge < -0.3 is 4.43 Å². The van der Waals surface area contributed by atoms with E-state index < -0.39 is 8.32 Å². The van der Waals surface area contributed by atoms with E-state index in [2.05, 4.69) is 27.7 Å². The van der Waals surface area contributed by atoms with Crippen LogP contribution in [0.2, 0.25) is 18.1 Å². The summed E-state index contributed by atoms with van der Waals surface area (Å²) in [7, 11) is -1.91. The maximum absolute atomic E-state index is 12.5. The summed E-state index contributed by atoms with van der Waals surface area (Å²) in [5.41, 5.74) is 0. The number of rotatable bonds is 19. The first-order chi connectivity index (χ1) is 12.6. The fraction of sp³-hybridized carbons (Fsp3) is 0.957. The van der Waals surface area contributed by atoms with Crippen LogP contribution < -0.4 is 0 Å². The van der Waals surface area contributed by atoms with Crippen molar-refractivity contribution < 1.29 is 9.22 Å². The van der Waals surface area contributed by atoms with Crippen molar-refractivity contribution in [2.24, 2.45) is 0 Å². The molecule has 0 spiro atoms. The molecule has 0 aromatic carbocycles. The standard InChI is InChI=1S/C23H48O2Si/c1-5-9-13-16-20-26(21-17-14-10-6-2,22-18-15-11-7-3)25-23(24)19-12-8-4/h5-22H2,1-4H3. The van der Waals surface area contributed by atoms with Crippen LogP contribution in [0, 0.1) is 0 Å². The van der Waals surface area contributed by atoms with Gasteiger partial charge in [0, 0.05) is 6.42 Å². The van der Waals surface area contributed by atoms with Gasteiger partial charge in [-0.05, 0) is 24.6 Å². The molecule has 3 heteroatoms. The van der Waals surface area contributed by atoms with E-state index in [1.165, 1.54) is 95.2 Å². The summed E-state index contributed by atoms with van der Waals surface area (Å²) in [5.74, 6) is 0.111. The van der Waals surface area contributed by atoms with Gasteiger partial charge in [-0.3, -0.25) is 4.79 Å². The van der Waals surface area contributed by atoms with Gasteiger partial charge in [-0.1, -0.05) is 111 Å². The monoisotopic (exact) mass is 384 g/mol. The average Bonchev–Trinajstić information content (AvgIpc) is 2.64. The summed E-state index contributed by atoms with van der Waals surface area (Å²) in [5, 5.41) is 0. The lowest BCUT2D eigenvalue weighted by atomic mass is 10.2. The van der Waals surface area contributed by atoms with Crippen LogP contribution in [-0.2, 0) is 9.22 Å². The fourth-order valence-electron chi connectivity index (χ4n) is 3.76. The zero-order chi connectivity index (χ0) is 19.5. The van der Waals surface area contributed by atoms with Crippen LogP contribution in [0.3, 0.4) is 0 Å². The molecule has 0 N–H and O–H groups in total. The summed E-state index contributed by atoms with van der Waals surface area (Å²) >= 11 is 0.